The summed E-state index contributed by atoms with van der Waals surface area (Å²) >= 11 is 0. The number of carbonyl (C=O) groups is 1. The number of carbonyl (C=O) groups excluding carboxylic acids is 1. The molecular weight excluding hydrogens is 232 g/mol. The van der Waals surface area contributed by atoms with Crippen molar-refractivity contribution >= 4 is 5.91 Å². The highest BCUT2D eigenvalue weighted by Gasteiger charge is 2.24. The van der Waals surface area contributed by atoms with E-state index in [0.29, 0.717) is 25.8 Å². The third-order valence-electron chi connectivity index (χ3n) is 3.44. The zero-order valence-corrected chi connectivity index (χ0v) is 11.4. The largest absolute Gasteiger partial charge is 0.389 e. The molecule has 1 amide bonds. The molecular formula is C13H26N2O3. The minimum Gasteiger partial charge on any atom is -0.389 e. The molecule has 5 nitrogen and oxygen atoms in total. The van der Waals surface area contributed by atoms with Gasteiger partial charge in [-0.05, 0) is 26.7 Å². The molecule has 1 aliphatic carbocycles. The predicted molar refractivity (Wildman–Crippen MR) is 70.1 cm³/mol. The van der Waals surface area contributed by atoms with Gasteiger partial charge in [-0.25, -0.2) is 0 Å². The normalized spacial score (nSPS) is 19.1. The fourth-order valence-corrected chi connectivity index (χ4v) is 2.00. The Hall–Kier alpha value is -0.650. The molecule has 1 fully saturated rings. The number of aliphatic hydroxyl groups excluding tert-OH is 1. The standard InChI is InChI=1S/C13H26N2O3/c1-13(2,12(14)17)9-15-7-10(16)8-18-11-5-3-4-6-11/h10-11,15-16H,3-9H2,1-2H3,(H2,14,17). The topological polar surface area (TPSA) is 84.6 Å². The summed E-state index contributed by atoms with van der Waals surface area (Å²) < 4.78 is 5.61. The molecule has 0 heterocycles. The van der Waals surface area contributed by atoms with E-state index in [1.807, 2.05) is 0 Å². The Kier molecular flexibility index (Phi) is 6.05. The van der Waals surface area contributed by atoms with Crippen molar-refractivity contribution in [3.05, 3.63) is 0 Å². The summed E-state index contributed by atoms with van der Waals surface area (Å²) in [5.41, 5.74) is 4.67. The first-order chi connectivity index (χ1) is 8.42. The van der Waals surface area contributed by atoms with Gasteiger partial charge in [0.25, 0.3) is 0 Å². The van der Waals surface area contributed by atoms with E-state index in [4.69, 9.17) is 10.5 Å². The maximum atomic E-state index is 11.1. The van der Waals surface area contributed by atoms with E-state index >= 15 is 0 Å². The van der Waals surface area contributed by atoms with Crippen molar-refractivity contribution in [2.24, 2.45) is 11.1 Å². The van der Waals surface area contributed by atoms with Gasteiger partial charge in [0.05, 0.1) is 24.2 Å². The minimum absolute atomic E-state index is 0.321. The molecule has 4 N–H and O–H groups in total. The van der Waals surface area contributed by atoms with Gasteiger partial charge in [0, 0.05) is 13.1 Å². The molecule has 0 aromatic heterocycles. The van der Waals surface area contributed by atoms with Crippen molar-refractivity contribution in [3.8, 4) is 0 Å². The van der Waals surface area contributed by atoms with Gasteiger partial charge in [-0.2, -0.15) is 0 Å². The van der Waals surface area contributed by atoms with Crippen LogP contribution >= 0.6 is 0 Å². The molecule has 0 saturated heterocycles. The van der Waals surface area contributed by atoms with Gasteiger partial charge >= 0.3 is 0 Å². The SMILES string of the molecule is CC(C)(CNCC(O)COC1CCCC1)C(N)=O. The smallest absolute Gasteiger partial charge is 0.224 e. The van der Waals surface area contributed by atoms with Crippen LogP contribution in [-0.2, 0) is 9.53 Å². The number of nitrogens with two attached hydrogens (primary N) is 1. The molecule has 0 radical (unpaired) electrons. The van der Waals surface area contributed by atoms with Crippen LogP contribution in [0.1, 0.15) is 39.5 Å². The van der Waals surface area contributed by atoms with Crippen molar-refractivity contribution in [3.63, 3.8) is 0 Å². The molecule has 0 aromatic rings. The summed E-state index contributed by atoms with van der Waals surface area (Å²) in [6.45, 7) is 4.80. The van der Waals surface area contributed by atoms with Crippen molar-refractivity contribution < 1.29 is 14.6 Å². The van der Waals surface area contributed by atoms with E-state index in [2.05, 4.69) is 5.32 Å². The Morgan fingerprint density at radius 3 is 2.67 bits per heavy atom. The maximum absolute atomic E-state index is 11.1. The first kappa shape index (κ1) is 15.4. The van der Waals surface area contributed by atoms with Crippen LogP contribution in [0.2, 0.25) is 0 Å². The Morgan fingerprint density at radius 2 is 2.11 bits per heavy atom. The molecule has 0 aliphatic heterocycles. The molecule has 5 heteroatoms. The zero-order valence-electron chi connectivity index (χ0n) is 11.4. The lowest BCUT2D eigenvalue weighted by molar-refractivity contribution is -0.125. The summed E-state index contributed by atoms with van der Waals surface area (Å²) in [7, 11) is 0. The van der Waals surface area contributed by atoms with Gasteiger partial charge in [-0.15, -0.1) is 0 Å². The van der Waals surface area contributed by atoms with Gasteiger partial charge in [0.2, 0.25) is 5.91 Å². The molecule has 1 rings (SSSR count). The van der Waals surface area contributed by atoms with Crippen LogP contribution in [0.4, 0.5) is 0 Å². The second-order valence-corrected chi connectivity index (χ2v) is 5.77. The van der Waals surface area contributed by atoms with E-state index in [1.165, 1.54) is 12.8 Å². The lowest BCUT2D eigenvalue weighted by atomic mass is 9.93. The summed E-state index contributed by atoms with van der Waals surface area (Å²) in [4.78, 5) is 11.1. The quantitative estimate of drug-likeness (QED) is 0.588. The first-order valence-corrected chi connectivity index (χ1v) is 6.72. The Labute approximate surface area is 109 Å². The number of amides is 1. The van der Waals surface area contributed by atoms with Gasteiger partial charge in [0.15, 0.2) is 0 Å². The van der Waals surface area contributed by atoms with E-state index in [-0.39, 0.29) is 5.91 Å². The van der Waals surface area contributed by atoms with Gasteiger partial charge in [-0.3, -0.25) is 4.79 Å². The lowest BCUT2D eigenvalue weighted by Gasteiger charge is -2.22. The number of hydrogen-bond donors (Lipinski definition) is 3. The third-order valence-corrected chi connectivity index (χ3v) is 3.44. The highest BCUT2D eigenvalue weighted by Crippen LogP contribution is 2.20. The van der Waals surface area contributed by atoms with Gasteiger partial charge in [0.1, 0.15) is 0 Å². The van der Waals surface area contributed by atoms with Crippen LogP contribution in [0.15, 0.2) is 0 Å². The second kappa shape index (κ2) is 7.07. The molecule has 1 atom stereocenters. The van der Waals surface area contributed by atoms with E-state index in [9.17, 15) is 9.90 Å². The molecule has 0 spiro atoms. The number of nitrogens with one attached hydrogen (secondary N) is 1. The summed E-state index contributed by atoms with van der Waals surface area (Å²) in [5, 5.41) is 12.8. The molecule has 0 aromatic carbocycles. The number of rotatable bonds is 8. The molecule has 106 valence electrons. The van der Waals surface area contributed by atoms with E-state index in [0.717, 1.165) is 12.8 Å². The summed E-state index contributed by atoms with van der Waals surface area (Å²) in [5.74, 6) is -0.341. The zero-order chi connectivity index (χ0) is 13.6. The van der Waals surface area contributed by atoms with Crippen LogP contribution in [0.25, 0.3) is 0 Å². The van der Waals surface area contributed by atoms with E-state index in [1.54, 1.807) is 13.8 Å². The monoisotopic (exact) mass is 258 g/mol. The molecule has 1 unspecified atom stereocenters. The second-order valence-electron chi connectivity index (χ2n) is 5.77. The number of hydrogen-bond acceptors (Lipinski definition) is 4. The third kappa shape index (κ3) is 5.33. The predicted octanol–water partition coefficient (Wildman–Crippen LogP) is 0.408. The van der Waals surface area contributed by atoms with Gasteiger partial charge < -0.3 is 20.9 Å². The summed E-state index contributed by atoms with van der Waals surface area (Å²) in [6.07, 6.45) is 4.46. The first-order valence-electron chi connectivity index (χ1n) is 6.72. The molecule has 18 heavy (non-hydrogen) atoms. The van der Waals surface area contributed by atoms with Crippen molar-refractivity contribution in [2.45, 2.75) is 51.7 Å². The number of aliphatic hydroxyl groups is 1. The summed E-state index contributed by atoms with van der Waals surface area (Å²) in [6, 6.07) is 0. The average Bonchev–Trinajstić information content (AvgIpc) is 2.78. The number of primary amides is 1. The van der Waals surface area contributed by atoms with Crippen LogP contribution in [0.3, 0.4) is 0 Å². The fraction of sp³-hybridized carbons (Fsp3) is 0.923. The van der Waals surface area contributed by atoms with Crippen molar-refractivity contribution in [2.75, 3.05) is 19.7 Å². The molecule has 1 aliphatic rings. The average molecular weight is 258 g/mol. The maximum Gasteiger partial charge on any atom is 0.224 e. The highest BCUT2D eigenvalue weighted by atomic mass is 16.5. The van der Waals surface area contributed by atoms with Crippen LogP contribution < -0.4 is 11.1 Å². The van der Waals surface area contributed by atoms with Crippen molar-refractivity contribution in [1.29, 1.82) is 0 Å². The fourth-order valence-electron chi connectivity index (χ4n) is 2.00. The van der Waals surface area contributed by atoms with Crippen LogP contribution in [-0.4, -0.2) is 42.9 Å². The van der Waals surface area contributed by atoms with Gasteiger partial charge in [-0.1, -0.05) is 12.8 Å². The Bertz CT molecular complexity index is 263. The molecule has 1 saturated carbocycles. The lowest BCUT2D eigenvalue weighted by Crippen LogP contribution is -2.43. The highest BCUT2D eigenvalue weighted by molar-refractivity contribution is 5.80. The Morgan fingerprint density at radius 1 is 1.50 bits per heavy atom. The molecule has 0 bridgehead atoms. The Balaban J connectivity index is 2.09. The van der Waals surface area contributed by atoms with Crippen LogP contribution in [0.5, 0.6) is 0 Å². The minimum atomic E-state index is -0.591. The number of ether oxygens (including phenoxy) is 1. The van der Waals surface area contributed by atoms with E-state index < -0.39 is 11.5 Å². The van der Waals surface area contributed by atoms with Crippen LogP contribution in [0, 0.1) is 5.41 Å². The van der Waals surface area contributed by atoms with Crippen molar-refractivity contribution in [1.82, 2.24) is 5.32 Å².